The highest BCUT2D eigenvalue weighted by molar-refractivity contribution is 6.47. The molecule has 0 spiro atoms. The molecule has 2 aliphatic rings. The van der Waals surface area contributed by atoms with Crippen LogP contribution < -0.4 is 50.0 Å². The van der Waals surface area contributed by atoms with E-state index < -0.39 is 71.2 Å². The summed E-state index contributed by atoms with van der Waals surface area (Å²) in [7, 11) is 0. The molecule has 0 fully saturated rings. The molecule has 0 saturated carbocycles. The van der Waals surface area contributed by atoms with Crippen LogP contribution in [-0.2, 0) is 50.4 Å². The first-order chi connectivity index (χ1) is 65.3. The molecule has 10 amide bonds. The number of fused-ring (bicyclic) bond motifs is 2. The van der Waals surface area contributed by atoms with Crippen molar-refractivity contribution in [2.24, 2.45) is 0 Å². The van der Waals surface area contributed by atoms with Gasteiger partial charge >= 0.3 is 0 Å². The van der Waals surface area contributed by atoms with Crippen molar-refractivity contribution in [3.05, 3.63) is 309 Å². The van der Waals surface area contributed by atoms with Crippen molar-refractivity contribution in [3.8, 4) is 46.0 Å². The van der Waals surface area contributed by atoms with Crippen LogP contribution in [0.25, 0.3) is 43.1 Å². The van der Waals surface area contributed by atoms with Crippen LogP contribution in [0.3, 0.4) is 0 Å². The number of nitrogens with zero attached hydrogens (tertiary/aromatic N) is 4. The summed E-state index contributed by atoms with van der Waals surface area (Å²) in [5.74, 6) is -7.51. The second kappa shape index (κ2) is 39.0. The predicted molar refractivity (Wildman–Crippen MR) is 551 cm³/mol. The number of halogens is 4. The van der Waals surface area contributed by atoms with E-state index in [0.29, 0.717) is 12.8 Å². The maximum absolute atomic E-state index is 17.4. The number of amides is 10. The maximum Gasteiger partial charge on any atom is 0.266 e. The fourth-order valence-corrected chi connectivity index (χ4v) is 17.5. The van der Waals surface area contributed by atoms with Crippen LogP contribution in [0.2, 0.25) is 0 Å². The molecular weight excluding hydrogens is 1820 g/mol. The molecule has 138 heavy (non-hydrogen) atoms. The fraction of sp³-hybridized carbons (Fsp3) is 0.232. The topological polar surface area (TPSA) is 269 Å². The number of hydrogen-bond donors (Lipinski definition) is 4. The molecule has 26 heteroatoms. The normalized spacial score (nSPS) is 13.1. The van der Waals surface area contributed by atoms with E-state index in [4.69, 9.17) is 65.4 Å². The number of anilines is 8. The Morgan fingerprint density at radius 3 is 0.710 bits per heavy atom. The summed E-state index contributed by atoms with van der Waals surface area (Å²) < 4.78 is 30.1. The van der Waals surface area contributed by atoms with Crippen LogP contribution in [0, 0.1) is 0 Å². The van der Waals surface area contributed by atoms with Crippen molar-refractivity contribution in [3.63, 3.8) is 0 Å². The van der Waals surface area contributed by atoms with E-state index in [0.717, 1.165) is 32.1 Å². The van der Waals surface area contributed by atoms with Gasteiger partial charge in [-0.15, -0.1) is 0 Å². The largest absolute Gasteiger partial charge is 0.457 e. The van der Waals surface area contributed by atoms with E-state index in [1.807, 2.05) is 62.4 Å². The monoisotopic (exact) mass is 1920 g/mol. The molecule has 0 radical (unpaired) electrons. The lowest BCUT2D eigenvalue weighted by Gasteiger charge is -2.38. The first-order valence-electron chi connectivity index (χ1n) is 45.3. The molecule has 704 valence electrons. The second-order valence-electron chi connectivity index (χ2n) is 38.5. The lowest BCUT2D eigenvalue weighted by molar-refractivity contribution is -0.122. The highest BCUT2D eigenvalue weighted by Crippen LogP contribution is 2.59. The van der Waals surface area contributed by atoms with Gasteiger partial charge in [0.1, 0.15) is 58.1 Å². The van der Waals surface area contributed by atoms with Gasteiger partial charge in [-0.05, 0) is 202 Å². The van der Waals surface area contributed by atoms with E-state index in [9.17, 15) is 19.2 Å². The van der Waals surface area contributed by atoms with Crippen LogP contribution in [0.5, 0.6) is 46.0 Å². The number of rotatable bonds is 30. The smallest absolute Gasteiger partial charge is 0.266 e. The summed E-state index contributed by atoms with van der Waals surface area (Å²) in [4.78, 5) is 161. The third-order valence-electron chi connectivity index (χ3n) is 24.5. The van der Waals surface area contributed by atoms with Gasteiger partial charge in [0.25, 0.3) is 59.1 Å². The number of unbranched alkanes of at least 4 members (excludes halogenated alkanes) is 2. The average molecular weight is 1930 g/mol. The van der Waals surface area contributed by atoms with Crippen LogP contribution in [0.15, 0.2) is 265 Å². The van der Waals surface area contributed by atoms with E-state index in [1.54, 1.807) is 121 Å². The van der Waals surface area contributed by atoms with Crippen molar-refractivity contribution >= 4 is 194 Å². The number of imide groups is 2. The molecule has 2 aliphatic heterocycles. The minimum Gasteiger partial charge on any atom is -0.457 e. The summed E-state index contributed by atoms with van der Waals surface area (Å²) in [6, 6.07) is 57.5. The van der Waals surface area contributed by atoms with Crippen molar-refractivity contribution in [1.82, 2.24) is 9.80 Å². The summed E-state index contributed by atoms with van der Waals surface area (Å²) in [6.45, 7) is 43.0. The number of hydrogen-bond acceptors (Lipinski definition) is 14. The lowest BCUT2D eigenvalue weighted by Crippen LogP contribution is -2.54. The molecule has 2 atom stereocenters. The molecule has 0 saturated heterocycles. The Morgan fingerprint density at radius 2 is 0.522 bits per heavy atom. The number of ether oxygens (including phenoxy) is 4. The SMILES string of the molecule is C=C(Cl)C(=O)Nc1cccc(N(C(=O)C(CCCC)N2C(=O)c3cc(Oc4ccc(C(C)(C)C)cc4)c4c5c(Oc6ccc(C(C)(C)C)cc6)cc6c7c(cc(Oc8ccc(C(C)(C)C)cc8)c(c8c(Oc9ccc(C(C)(C)C)cc9)cc(c3c48)C2=O)c75)C(=O)N(C(CCCC)C(=O)N(c2cccc(NC(=O)C(=C)Cl)c2)c2cccc(NC(=O)C(=C)Cl)c2)C6=O)c2cccc(NC(=O)C(=C)Cl)c2)c1. The molecule has 4 N–H and O–H groups in total. The van der Waals surface area contributed by atoms with Crippen molar-refractivity contribution in [1.29, 1.82) is 0 Å². The third kappa shape index (κ3) is 20.0. The van der Waals surface area contributed by atoms with Gasteiger partial charge in [0.15, 0.2) is 0 Å². The first kappa shape index (κ1) is 98.1. The zero-order chi connectivity index (χ0) is 99.4. The van der Waals surface area contributed by atoms with Gasteiger partial charge in [-0.25, -0.2) is 0 Å². The zero-order valence-corrected chi connectivity index (χ0v) is 82.1. The summed E-state index contributed by atoms with van der Waals surface area (Å²) in [5, 5.41) is 10.6. The quantitative estimate of drug-likeness (QED) is 0.0141. The van der Waals surface area contributed by atoms with E-state index in [2.05, 4.69) is 131 Å². The van der Waals surface area contributed by atoms with Crippen LogP contribution >= 0.6 is 46.4 Å². The van der Waals surface area contributed by atoms with Gasteiger partial charge in [-0.2, -0.15) is 0 Å². The third-order valence-corrected chi connectivity index (χ3v) is 25.2. The van der Waals surface area contributed by atoms with Crippen molar-refractivity contribution in [2.75, 3.05) is 31.1 Å². The minimum absolute atomic E-state index is 0.0371. The number of carbonyl (C=O) groups is 10. The Kier molecular flexibility index (Phi) is 27.7. The average Bonchev–Trinajstić information content (AvgIpc) is 0.668. The zero-order valence-electron chi connectivity index (χ0n) is 79.0. The maximum atomic E-state index is 17.4. The summed E-state index contributed by atoms with van der Waals surface area (Å²) in [5.41, 5.74) is 2.94. The number of carbonyl (C=O) groups excluding carboxylic acids is 10. The van der Waals surface area contributed by atoms with Gasteiger partial charge in [0.2, 0.25) is 0 Å². The number of benzene rings is 13. The van der Waals surface area contributed by atoms with Gasteiger partial charge in [0.05, 0.1) is 65.1 Å². The molecule has 15 rings (SSSR count). The van der Waals surface area contributed by atoms with Crippen LogP contribution in [0.4, 0.5) is 45.5 Å². The Labute approximate surface area is 820 Å². The Hall–Kier alpha value is -14.4. The minimum atomic E-state index is -1.68. The van der Waals surface area contributed by atoms with E-state index >= 15 is 28.8 Å². The van der Waals surface area contributed by atoms with Crippen molar-refractivity contribution in [2.45, 2.75) is 169 Å². The summed E-state index contributed by atoms with van der Waals surface area (Å²) in [6.07, 6.45) is 1.18. The van der Waals surface area contributed by atoms with Gasteiger partial charge in [-0.1, -0.05) is 268 Å². The highest BCUT2D eigenvalue weighted by Gasteiger charge is 2.49. The molecule has 0 aliphatic carbocycles. The van der Waals surface area contributed by atoms with Crippen molar-refractivity contribution < 1.29 is 66.9 Å². The predicted octanol–water partition coefficient (Wildman–Crippen LogP) is 27.9. The molecule has 13 aromatic carbocycles. The molecule has 2 heterocycles. The van der Waals surface area contributed by atoms with Gasteiger partial charge < -0.3 is 40.2 Å². The van der Waals surface area contributed by atoms with Crippen LogP contribution in [-0.4, -0.2) is 81.0 Å². The second-order valence-corrected chi connectivity index (χ2v) is 40.3. The molecule has 2 unspecified atom stereocenters. The molecule has 13 aromatic rings. The van der Waals surface area contributed by atoms with Crippen LogP contribution in [0.1, 0.15) is 199 Å². The Balaban J connectivity index is 1.07. The van der Waals surface area contributed by atoms with Gasteiger partial charge in [0, 0.05) is 65.8 Å². The first-order valence-corrected chi connectivity index (χ1v) is 46.8. The Morgan fingerprint density at radius 1 is 0.312 bits per heavy atom. The highest BCUT2D eigenvalue weighted by atomic mass is 35.5. The molecular formula is C112H104Cl4N8O14. The molecule has 0 aromatic heterocycles. The van der Waals surface area contributed by atoms with Gasteiger partial charge in [-0.3, -0.25) is 67.5 Å². The number of nitrogens with one attached hydrogen (secondary N) is 4. The standard InChI is InChI=1S/C112H104Cl4N8O14/c1-19-21-35-85(107(133)121(73-31-23-27-69(53-73)117-99(125)61(3)113)74-32-24-28-70(54-74)118-100(126)62(4)114)123-103(129)81-57-87(135-77-45-37-65(38-46-77)109(7,8)9)93-95-89(137-79-49-41-67(42-50-79)111(13,14)15)59-83-92-84(106(132)124(105(83)131)86(36-22-20-2)108(134)122(75-33-25-29-71(55-75)119-101(127)63(5)115)76-34-26-30-72(56-76)120-102(128)64(6)116)60-90(138-80-51-43-68(44-52-80)112(16,17)18)96(98(92)95)94-88(58-82(104(123)130)91(81)97(93)94)136-78-47-39-66(40-48-78)110(10,11)12/h23-34,37-60,85-86H,3-6,19-22,35-36H2,1-2,7-18H3,(H,117,125)(H,118,126)(H,119,127)(H,120,128). The Bertz CT molecular complexity index is 6410. The van der Waals surface area contributed by atoms with E-state index in [1.165, 1.54) is 58.3 Å². The lowest BCUT2D eigenvalue weighted by atomic mass is 9.80. The van der Waals surface area contributed by atoms with E-state index in [-0.39, 0.29) is 224 Å². The molecule has 0 bridgehead atoms. The summed E-state index contributed by atoms with van der Waals surface area (Å²) >= 11 is 24.6. The fourth-order valence-electron chi connectivity index (χ4n) is 17.3. The molecule has 22 nitrogen and oxygen atoms in total.